The number of benzene rings is 2. The van der Waals surface area contributed by atoms with Crippen LogP contribution in [0, 0.1) is 13.8 Å². The number of carbonyl (C=O) groups excluding carboxylic acids is 1. The van der Waals surface area contributed by atoms with E-state index in [1.807, 2.05) is 32.9 Å². The molecular weight excluding hydrogens is 420 g/mol. The molecule has 0 radical (unpaired) electrons. The number of hydrogen-bond acceptors (Lipinski definition) is 6. The SMILES string of the molecule is CCOc1cc(C2c3c(oc4ccc(C)cc4c3=O)C(=O)N2c2cc(C)ccn2)ccc1O. The summed E-state index contributed by atoms with van der Waals surface area (Å²) in [6, 6.07) is 13.0. The number of aromatic hydroxyl groups is 1. The van der Waals surface area contributed by atoms with Crippen LogP contribution in [-0.2, 0) is 0 Å². The van der Waals surface area contributed by atoms with Gasteiger partial charge in [-0.25, -0.2) is 4.98 Å². The Kier molecular flexibility index (Phi) is 4.89. The fourth-order valence-electron chi connectivity index (χ4n) is 4.26. The van der Waals surface area contributed by atoms with Crippen molar-refractivity contribution >= 4 is 22.7 Å². The lowest BCUT2D eigenvalue weighted by Gasteiger charge is -2.25. The number of fused-ring (bicyclic) bond motifs is 2. The van der Waals surface area contributed by atoms with Crippen LogP contribution in [0.4, 0.5) is 5.82 Å². The van der Waals surface area contributed by atoms with Gasteiger partial charge in [0.1, 0.15) is 11.4 Å². The Morgan fingerprint density at radius 3 is 2.61 bits per heavy atom. The van der Waals surface area contributed by atoms with E-state index in [2.05, 4.69) is 4.98 Å². The standard InChI is InChI=1S/C26H22N2O5/c1-4-32-20-13-16(6-7-18(20)29)23-22-24(30)17-11-14(2)5-8-19(17)33-25(22)26(31)28(23)21-12-15(3)9-10-27-21/h5-13,23,29H,4H2,1-3H3. The van der Waals surface area contributed by atoms with E-state index in [1.54, 1.807) is 36.5 Å². The summed E-state index contributed by atoms with van der Waals surface area (Å²) in [5.74, 6) is 0.206. The fourth-order valence-corrected chi connectivity index (χ4v) is 4.26. The highest BCUT2D eigenvalue weighted by atomic mass is 16.5. The maximum Gasteiger partial charge on any atom is 0.296 e. The number of pyridine rings is 1. The van der Waals surface area contributed by atoms with Gasteiger partial charge in [0, 0.05) is 6.20 Å². The lowest BCUT2D eigenvalue weighted by Crippen LogP contribution is -2.30. The van der Waals surface area contributed by atoms with Crippen LogP contribution >= 0.6 is 0 Å². The van der Waals surface area contributed by atoms with Crippen molar-refractivity contribution in [1.82, 2.24) is 4.98 Å². The van der Waals surface area contributed by atoms with Gasteiger partial charge >= 0.3 is 0 Å². The average Bonchev–Trinajstić information content (AvgIpc) is 3.08. The van der Waals surface area contributed by atoms with Crippen molar-refractivity contribution in [2.24, 2.45) is 0 Å². The Balaban J connectivity index is 1.81. The van der Waals surface area contributed by atoms with Crippen molar-refractivity contribution in [3.8, 4) is 11.5 Å². The van der Waals surface area contributed by atoms with Gasteiger partial charge in [-0.2, -0.15) is 0 Å². The molecule has 3 heterocycles. The van der Waals surface area contributed by atoms with Crippen LogP contribution in [0.1, 0.15) is 45.8 Å². The van der Waals surface area contributed by atoms with Gasteiger partial charge in [-0.05, 0) is 68.3 Å². The number of aryl methyl sites for hydroxylation is 2. The molecule has 2 aromatic heterocycles. The van der Waals surface area contributed by atoms with E-state index in [9.17, 15) is 14.7 Å². The first kappa shape index (κ1) is 20.8. The summed E-state index contributed by atoms with van der Waals surface area (Å²) in [6.45, 7) is 5.97. The van der Waals surface area contributed by atoms with E-state index < -0.39 is 11.9 Å². The highest BCUT2D eigenvalue weighted by molar-refractivity contribution is 6.10. The lowest BCUT2D eigenvalue weighted by molar-refractivity contribution is 0.0970. The molecule has 7 heteroatoms. The number of ether oxygens (including phenoxy) is 1. The van der Waals surface area contributed by atoms with E-state index >= 15 is 0 Å². The molecule has 0 saturated carbocycles. The minimum absolute atomic E-state index is 0.00399. The molecule has 0 spiro atoms. The Morgan fingerprint density at radius 1 is 1.06 bits per heavy atom. The minimum atomic E-state index is -0.789. The van der Waals surface area contributed by atoms with Crippen LogP contribution < -0.4 is 15.1 Å². The topological polar surface area (TPSA) is 92.9 Å². The first-order valence-corrected chi connectivity index (χ1v) is 10.7. The second-order valence-corrected chi connectivity index (χ2v) is 8.10. The second-order valence-electron chi connectivity index (χ2n) is 8.10. The van der Waals surface area contributed by atoms with Gasteiger partial charge in [-0.15, -0.1) is 0 Å². The molecule has 0 bridgehead atoms. The summed E-state index contributed by atoms with van der Waals surface area (Å²) in [5, 5.41) is 10.6. The highest BCUT2D eigenvalue weighted by Gasteiger charge is 2.44. The van der Waals surface area contributed by atoms with E-state index in [0.29, 0.717) is 29.0 Å². The molecule has 1 aliphatic heterocycles. The lowest BCUT2D eigenvalue weighted by atomic mass is 9.97. The molecule has 1 atom stereocenters. The number of nitrogens with zero attached hydrogens (tertiary/aromatic N) is 2. The number of aromatic nitrogens is 1. The zero-order valence-corrected chi connectivity index (χ0v) is 18.5. The van der Waals surface area contributed by atoms with E-state index in [-0.39, 0.29) is 28.3 Å². The number of rotatable bonds is 4. The molecular formula is C26H22N2O5. The number of phenols is 1. The van der Waals surface area contributed by atoms with Crippen LogP contribution in [0.2, 0.25) is 0 Å². The zero-order valence-electron chi connectivity index (χ0n) is 18.5. The number of hydrogen-bond donors (Lipinski definition) is 1. The third-order valence-corrected chi connectivity index (χ3v) is 5.77. The summed E-state index contributed by atoms with van der Waals surface area (Å²) < 4.78 is 11.5. The van der Waals surface area contributed by atoms with Gasteiger partial charge in [-0.3, -0.25) is 14.5 Å². The summed E-state index contributed by atoms with van der Waals surface area (Å²) in [6.07, 6.45) is 1.62. The molecule has 1 unspecified atom stereocenters. The van der Waals surface area contributed by atoms with Crippen molar-refractivity contribution in [2.75, 3.05) is 11.5 Å². The molecule has 5 rings (SSSR count). The van der Waals surface area contributed by atoms with E-state index in [1.165, 1.54) is 11.0 Å². The van der Waals surface area contributed by atoms with Gasteiger partial charge in [0.15, 0.2) is 16.9 Å². The summed E-state index contributed by atoms with van der Waals surface area (Å²) >= 11 is 0. The molecule has 4 aromatic rings. The number of anilines is 1. The third-order valence-electron chi connectivity index (χ3n) is 5.77. The Bertz CT molecular complexity index is 1470. The molecule has 0 fully saturated rings. The Labute approximate surface area is 189 Å². The molecule has 2 aromatic carbocycles. The number of carbonyl (C=O) groups is 1. The first-order chi connectivity index (χ1) is 15.9. The number of amides is 1. The monoisotopic (exact) mass is 442 g/mol. The predicted octanol–water partition coefficient (Wildman–Crippen LogP) is 4.66. The van der Waals surface area contributed by atoms with E-state index in [4.69, 9.17) is 9.15 Å². The Morgan fingerprint density at radius 2 is 1.85 bits per heavy atom. The normalized spacial score (nSPS) is 15.2. The summed E-state index contributed by atoms with van der Waals surface area (Å²) in [5.41, 5.74) is 2.77. The molecule has 1 amide bonds. The molecule has 7 nitrogen and oxygen atoms in total. The smallest absolute Gasteiger partial charge is 0.296 e. The second kappa shape index (κ2) is 7.78. The zero-order chi connectivity index (χ0) is 23.3. The average molecular weight is 442 g/mol. The van der Waals surface area contributed by atoms with Gasteiger partial charge in [-0.1, -0.05) is 17.7 Å². The van der Waals surface area contributed by atoms with Gasteiger partial charge in [0.05, 0.1) is 23.6 Å². The van der Waals surface area contributed by atoms with Crippen molar-refractivity contribution in [1.29, 1.82) is 0 Å². The van der Waals surface area contributed by atoms with Crippen molar-refractivity contribution < 1.29 is 19.1 Å². The quantitative estimate of drug-likeness (QED) is 0.494. The predicted molar refractivity (Wildman–Crippen MR) is 124 cm³/mol. The van der Waals surface area contributed by atoms with Gasteiger partial charge < -0.3 is 14.3 Å². The van der Waals surface area contributed by atoms with E-state index in [0.717, 1.165) is 11.1 Å². The molecule has 33 heavy (non-hydrogen) atoms. The van der Waals surface area contributed by atoms with Crippen molar-refractivity contribution in [3.63, 3.8) is 0 Å². The van der Waals surface area contributed by atoms with Gasteiger partial charge in [0.25, 0.3) is 5.91 Å². The van der Waals surface area contributed by atoms with Crippen LogP contribution in [0.15, 0.2) is 63.9 Å². The van der Waals surface area contributed by atoms with Crippen LogP contribution in [0.5, 0.6) is 11.5 Å². The number of phenolic OH excluding ortho intramolecular Hbond substituents is 1. The summed E-state index contributed by atoms with van der Waals surface area (Å²) in [4.78, 5) is 33.2. The van der Waals surface area contributed by atoms with Crippen LogP contribution in [0.25, 0.3) is 11.0 Å². The maximum absolute atomic E-state index is 13.7. The molecule has 1 N–H and O–H groups in total. The molecule has 0 aliphatic carbocycles. The fraction of sp³-hybridized carbons (Fsp3) is 0.192. The van der Waals surface area contributed by atoms with Crippen molar-refractivity contribution in [3.05, 3.63) is 93.0 Å². The van der Waals surface area contributed by atoms with Crippen LogP contribution in [0.3, 0.4) is 0 Å². The molecule has 1 aliphatic rings. The van der Waals surface area contributed by atoms with Crippen molar-refractivity contribution in [2.45, 2.75) is 26.8 Å². The molecule has 166 valence electrons. The largest absolute Gasteiger partial charge is 0.504 e. The van der Waals surface area contributed by atoms with Crippen LogP contribution in [-0.4, -0.2) is 22.6 Å². The van der Waals surface area contributed by atoms with Gasteiger partial charge in [0.2, 0.25) is 5.76 Å². The third kappa shape index (κ3) is 3.33. The highest BCUT2D eigenvalue weighted by Crippen LogP contribution is 2.42. The molecule has 0 saturated heterocycles. The maximum atomic E-state index is 13.7. The first-order valence-electron chi connectivity index (χ1n) is 10.7. The Hall–Kier alpha value is -4.13. The summed E-state index contributed by atoms with van der Waals surface area (Å²) in [7, 11) is 0. The minimum Gasteiger partial charge on any atom is -0.504 e.